The van der Waals surface area contributed by atoms with E-state index in [1.165, 1.54) is 12.4 Å². The fourth-order valence-corrected chi connectivity index (χ4v) is 4.28. The molecule has 0 aliphatic carbocycles. The lowest BCUT2D eigenvalue weighted by Gasteiger charge is -2.23. The van der Waals surface area contributed by atoms with E-state index in [0.29, 0.717) is 12.1 Å². The average molecular weight is 327 g/mol. The van der Waals surface area contributed by atoms with Crippen molar-refractivity contribution in [2.75, 3.05) is 18.1 Å². The lowest BCUT2D eigenvalue weighted by atomic mass is 10.0. The quantitative estimate of drug-likeness (QED) is 0.750. The Bertz CT molecular complexity index is 686. The SMILES string of the molecule is Cc1cnc(C(=O)OCC(=O)N[C@@]2(C)CCS(=O)(=O)C2)cn1. The number of sulfone groups is 1. The third-order valence-electron chi connectivity index (χ3n) is 3.27. The number of nitrogens with one attached hydrogen (secondary N) is 1. The normalized spacial score (nSPS) is 23.0. The fourth-order valence-electron chi connectivity index (χ4n) is 2.18. The summed E-state index contributed by atoms with van der Waals surface area (Å²) in [5.74, 6) is -1.37. The van der Waals surface area contributed by atoms with Gasteiger partial charge < -0.3 is 10.1 Å². The van der Waals surface area contributed by atoms with E-state index in [4.69, 9.17) is 4.74 Å². The highest BCUT2D eigenvalue weighted by Crippen LogP contribution is 2.22. The van der Waals surface area contributed by atoms with E-state index >= 15 is 0 Å². The Labute approximate surface area is 128 Å². The molecule has 2 heterocycles. The van der Waals surface area contributed by atoms with Crippen molar-refractivity contribution in [1.29, 1.82) is 0 Å². The van der Waals surface area contributed by atoms with Gasteiger partial charge in [0.2, 0.25) is 0 Å². The zero-order valence-corrected chi connectivity index (χ0v) is 13.1. The van der Waals surface area contributed by atoms with Crippen LogP contribution in [0.2, 0.25) is 0 Å². The van der Waals surface area contributed by atoms with Crippen LogP contribution in [-0.2, 0) is 19.4 Å². The molecule has 1 aliphatic heterocycles. The second-order valence-corrected chi connectivity index (χ2v) is 7.75. The molecule has 1 N–H and O–H groups in total. The summed E-state index contributed by atoms with van der Waals surface area (Å²) in [7, 11) is -3.12. The van der Waals surface area contributed by atoms with Crippen molar-refractivity contribution in [2.45, 2.75) is 25.8 Å². The number of carbonyl (C=O) groups excluding carboxylic acids is 2. The number of ether oxygens (including phenoxy) is 1. The summed E-state index contributed by atoms with van der Waals surface area (Å²) in [6.45, 7) is 2.89. The molecule has 1 aromatic heterocycles. The van der Waals surface area contributed by atoms with E-state index in [9.17, 15) is 18.0 Å². The molecule has 1 atom stereocenters. The molecule has 1 aliphatic rings. The highest BCUT2D eigenvalue weighted by molar-refractivity contribution is 7.91. The van der Waals surface area contributed by atoms with Crippen LogP contribution in [0.3, 0.4) is 0 Å². The highest BCUT2D eigenvalue weighted by atomic mass is 32.2. The summed E-state index contributed by atoms with van der Waals surface area (Å²) >= 11 is 0. The lowest BCUT2D eigenvalue weighted by molar-refractivity contribution is -0.125. The predicted octanol–water partition coefficient (Wildman–Crippen LogP) is -0.365. The summed E-state index contributed by atoms with van der Waals surface area (Å²) in [5, 5.41) is 2.60. The minimum absolute atomic E-state index is 0.00746. The van der Waals surface area contributed by atoms with E-state index in [-0.39, 0.29) is 17.2 Å². The predicted molar refractivity (Wildman–Crippen MR) is 76.9 cm³/mol. The molecule has 120 valence electrons. The van der Waals surface area contributed by atoms with Gasteiger partial charge in [0.25, 0.3) is 5.91 Å². The van der Waals surface area contributed by atoms with Gasteiger partial charge in [0.1, 0.15) is 0 Å². The number of rotatable bonds is 4. The van der Waals surface area contributed by atoms with Gasteiger partial charge in [-0.3, -0.25) is 9.78 Å². The van der Waals surface area contributed by atoms with Gasteiger partial charge in [0, 0.05) is 6.20 Å². The number of aryl methyl sites for hydroxylation is 1. The van der Waals surface area contributed by atoms with Gasteiger partial charge in [-0.15, -0.1) is 0 Å². The van der Waals surface area contributed by atoms with Gasteiger partial charge in [-0.1, -0.05) is 0 Å². The van der Waals surface area contributed by atoms with Crippen molar-refractivity contribution in [3.8, 4) is 0 Å². The van der Waals surface area contributed by atoms with Crippen molar-refractivity contribution in [3.05, 3.63) is 23.8 Å². The molecular formula is C13H17N3O5S. The maximum absolute atomic E-state index is 11.8. The Morgan fingerprint density at radius 1 is 1.36 bits per heavy atom. The van der Waals surface area contributed by atoms with Crippen LogP contribution < -0.4 is 5.32 Å². The maximum atomic E-state index is 11.8. The summed E-state index contributed by atoms with van der Waals surface area (Å²) in [6.07, 6.45) is 3.03. The fraction of sp³-hybridized carbons (Fsp3) is 0.538. The molecule has 1 saturated heterocycles. The average Bonchev–Trinajstić information content (AvgIpc) is 2.70. The smallest absolute Gasteiger partial charge is 0.359 e. The third kappa shape index (κ3) is 4.23. The zero-order chi connectivity index (χ0) is 16.4. The first kappa shape index (κ1) is 16.3. The van der Waals surface area contributed by atoms with Gasteiger partial charge in [-0.05, 0) is 20.3 Å². The van der Waals surface area contributed by atoms with Crippen LogP contribution in [0.25, 0.3) is 0 Å². The summed E-state index contributed by atoms with van der Waals surface area (Å²) in [4.78, 5) is 31.2. The van der Waals surface area contributed by atoms with E-state index in [2.05, 4.69) is 15.3 Å². The number of nitrogens with zero attached hydrogens (tertiary/aromatic N) is 2. The van der Waals surface area contributed by atoms with Gasteiger partial charge in [0.05, 0.1) is 28.9 Å². The first-order chi connectivity index (χ1) is 10.2. The minimum Gasteiger partial charge on any atom is -0.451 e. The second kappa shape index (κ2) is 5.99. The highest BCUT2D eigenvalue weighted by Gasteiger charge is 2.39. The summed E-state index contributed by atoms with van der Waals surface area (Å²) in [5.41, 5.74) is -0.149. The van der Waals surface area contributed by atoms with Gasteiger partial charge in [-0.2, -0.15) is 0 Å². The Kier molecular flexibility index (Phi) is 4.45. The first-order valence-electron chi connectivity index (χ1n) is 6.66. The van der Waals surface area contributed by atoms with Crippen molar-refractivity contribution >= 4 is 21.7 Å². The number of carbonyl (C=O) groups is 2. The molecule has 1 aromatic rings. The van der Waals surface area contributed by atoms with Crippen LogP contribution in [0.4, 0.5) is 0 Å². The minimum atomic E-state index is -3.12. The molecule has 0 unspecified atom stereocenters. The zero-order valence-electron chi connectivity index (χ0n) is 12.3. The van der Waals surface area contributed by atoms with E-state index in [1.54, 1.807) is 13.8 Å². The molecule has 0 aromatic carbocycles. The largest absolute Gasteiger partial charge is 0.451 e. The molecular weight excluding hydrogens is 310 g/mol. The first-order valence-corrected chi connectivity index (χ1v) is 8.48. The van der Waals surface area contributed by atoms with Gasteiger partial charge >= 0.3 is 5.97 Å². The van der Waals surface area contributed by atoms with E-state index in [0.717, 1.165) is 0 Å². The van der Waals surface area contributed by atoms with Crippen molar-refractivity contribution < 1.29 is 22.7 Å². The topological polar surface area (TPSA) is 115 Å². The molecule has 0 bridgehead atoms. The van der Waals surface area contributed by atoms with Gasteiger partial charge in [-0.25, -0.2) is 18.2 Å². The summed E-state index contributed by atoms with van der Waals surface area (Å²) < 4.78 is 27.7. The van der Waals surface area contributed by atoms with Crippen molar-refractivity contribution in [2.24, 2.45) is 0 Å². The Morgan fingerprint density at radius 2 is 2.09 bits per heavy atom. The molecule has 1 fully saturated rings. The van der Waals surface area contributed by atoms with Crippen LogP contribution in [-0.4, -0.2) is 53.9 Å². The maximum Gasteiger partial charge on any atom is 0.359 e. The van der Waals surface area contributed by atoms with Crippen LogP contribution >= 0.6 is 0 Å². The van der Waals surface area contributed by atoms with Crippen LogP contribution in [0.15, 0.2) is 12.4 Å². The molecule has 0 saturated carbocycles. The van der Waals surface area contributed by atoms with Crippen LogP contribution in [0.5, 0.6) is 0 Å². The standard InChI is InChI=1S/C13H17N3O5S/c1-9-5-15-10(6-14-9)12(18)21-7-11(17)16-13(2)3-4-22(19,20)8-13/h5-6H,3-4,7-8H2,1-2H3,(H,16,17)/t13-/m0/s1. The molecule has 8 nitrogen and oxygen atoms in total. The lowest BCUT2D eigenvalue weighted by Crippen LogP contribution is -2.48. The Hall–Kier alpha value is -2.03. The molecule has 2 rings (SSSR count). The monoisotopic (exact) mass is 327 g/mol. The van der Waals surface area contributed by atoms with Crippen molar-refractivity contribution in [1.82, 2.24) is 15.3 Å². The van der Waals surface area contributed by atoms with E-state index < -0.39 is 33.9 Å². The van der Waals surface area contributed by atoms with Crippen LogP contribution in [0.1, 0.15) is 29.5 Å². The van der Waals surface area contributed by atoms with Crippen LogP contribution in [0, 0.1) is 6.92 Å². The second-order valence-electron chi connectivity index (χ2n) is 5.57. The number of amides is 1. The number of hydrogen-bond acceptors (Lipinski definition) is 7. The third-order valence-corrected chi connectivity index (χ3v) is 5.17. The Balaban J connectivity index is 1.85. The molecule has 0 spiro atoms. The summed E-state index contributed by atoms with van der Waals surface area (Å²) in [6, 6.07) is 0. The Morgan fingerprint density at radius 3 is 2.64 bits per heavy atom. The molecule has 1 amide bonds. The molecule has 0 radical (unpaired) electrons. The number of aromatic nitrogens is 2. The number of hydrogen-bond donors (Lipinski definition) is 1. The van der Waals surface area contributed by atoms with E-state index in [1.807, 2.05) is 0 Å². The van der Waals surface area contributed by atoms with Crippen molar-refractivity contribution in [3.63, 3.8) is 0 Å². The number of esters is 1. The van der Waals surface area contributed by atoms with Gasteiger partial charge in [0.15, 0.2) is 22.1 Å². The molecule has 9 heteroatoms. The molecule has 22 heavy (non-hydrogen) atoms.